The Bertz CT molecular complexity index is 818. The number of rotatable bonds is 4. The Morgan fingerprint density at radius 2 is 2.12 bits per heavy atom. The Kier molecular flexibility index (Phi) is 5.45. The van der Waals surface area contributed by atoms with Gasteiger partial charge in [-0.05, 0) is 37.3 Å². The van der Waals surface area contributed by atoms with E-state index in [0.29, 0.717) is 23.4 Å². The fourth-order valence-corrected chi connectivity index (χ4v) is 3.15. The highest BCUT2D eigenvalue weighted by atomic mass is 32.1. The standard InChI is InChI=1S/C18H20FN3O2S/c1-12(21-17(23)14-3-2-6-20-18(14)25)15-11-13(19)4-5-16(15)22-7-9-24-10-8-22/h2-6,11-12H,7-10H2,1H3,(H,20,25)(H,21,23). The summed E-state index contributed by atoms with van der Waals surface area (Å²) in [4.78, 5) is 17.5. The molecule has 7 heteroatoms. The molecule has 132 valence electrons. The van der Waals surface area contributed by atoms with E-state index in [-0.39, 0.29) is 17.8 Å². The van der Waals surface area contributed by atoms with E-state index in [2.05, 4.69) is 15.2 Å². The maximum Gasteiger partial charge on any atom is 0.254 e. The van der Waals surface area contributed by atoms with E-state index in [4.69, 9.17) is 17.0 Å². The average Bonchev–Trinajstić information content (AvgIpc) is 2.62. The lowest BCUT2D eigenvalue weighted by Crippen LogP contribution is -2.37. The van der Waals surface area contributed by atoms with Gasteiger partial charge in [-0.2, -0.15) is 0 Å². The summed E-state index contributed by atoms with van der Waals surface area (Å²) >= 11 is 5.15. The second-order valence-electron chi connectivity index (χ2n) is 5.91. The average molecular weight is 361 g/mol. The summed E-state index contributed by atoms with van der Waals surface area (Å²) in [6, 6.07) is 7.69. The number of benzene rings is 1. The second kappa shape index (κ2) is 7.76. The summed E-state index contributed by atoms with van der Waals surface area (Å²) in [5.41, 5.74) is 2.05. The van der Waals surface area contributed by atoms with E-state index in [1.807, 2.05) is 6.92 Å². The topological polar surface area (TPSA) is 57.4 Å². The second-order valence-corrected chi connectivity index (χ2v) is 6.32. The van der Waals surface area contributed by atoms with Crippen LogP contribution in [-0.4, -0.2) is 37.2 Å². The summed E-state index contributed by atoms with van der Waals surface area (Å²) in [5, 5.41) is 2.91. The third-order valence-corrected chi connectivity index (χ3v) is 4.56. The third kappa shape index (κ3) is 4.05. The number of anilines is 1. The molecule has 2 heterocycles. The highest BCUT2D eigenvalue weighted by Gasteiger charge is 2.20. The maximum atomic E-state index is 13.8. The van der Waals surface area contributed by atoms with Gasteiger partial charge in [0.05, 0.1) is 24.8 Å². The maximum absolute atomic E-state index is 13.8. The van der Waals surface area contributed by atoms with Crippen molar-refractivity contribution in [2.75, 3.05) is 31.2 Å². The number of aromatic amines is 1. The van der Waals surface area contributed by atoms with Gasteiger partial charge in [-0.25, -0.2) is 4.39 Å². The van der Waals surface area contributed by atoms with Crippen molar-refractivity contribution in [1.29, 1.82) is 0 Å². The number of nitrogens with zero attached hydrogens (tertiary/aromatic N) is 1. The summed E-state index contributed by atoms with van der Waals surface area (Å²) in [6.45, 7) is 4.59. The van der Waals surface area contributed by atoms with Crippen molar-refractivity contribution in [3.63, 3.8) is 0 Å². The fraction of sp³-hybridized carbons (Fsp3) is 0.333. The number of hydrogen-bond acceptors (Lipinski definition) is 4. The van der Waals surface area contributed by atoms with Crippen LogP contribution in [0.3, 0.4) is 0 Å². The molecule has 1 aromatic heterocycles. The number of ether oxygens (including phenoxy) is 1. The van der Waals surface area contributed by atoms with Crippen molar-refractivity contribution in [1.82, 2.24) is 10.3 Å². The molecule has 1 aliphatic heterocycles. The highest BCUT2D eigenvalue weighted by Crippen LogP contribution is 2.28. The van der Waals surface area contributed by atoms with Crippen LogP contribution in [0.1, 0.15) is 28.9 Å². The van der Waals surface area contributed by atoms with Crippen molar-refractivity contribution < 1.29 is 13.9 Å². The van der Waals surface area contributed by atoms with Gasteiger partial charge in [-0.15, -0.1) is 0 Å². The molecule has 1 fully saturated rings. The molecule has 0 saturated carbocycles. The normalized spacial score (nSPS) is 15.7. The number of morpholine rings is 1. The molecule has 2 aromatic rings. The summed E-state index contributed by atoms with van der Waals surface area (Å²) in [5.74, 6) is -0.614. The number of carbonyl (C=O) groups is 1. The van der Waals surface area contributed by atoms with Crippen molar-refractivity contribution in [2.24, 2.45) is 0 Å². The zero-order chi connectivity index (χ0) is 17.8. The Balaban J connectivity index is 1.85. The van der Waals surface area contributed by atoms with Crippen LogP contribution in [0.15, 0.2) is 36.5 Å². The Morgan fingerprint density at radius 3 is 2.84 bits per heavy atom. The van der Waals surface area contributed by atoms with E-state index in [1.54, 1.807) is 24.4 Å². The molecule has 1 saturated heterocycles. The minimum Gasteiger partial charge on any atom is -0.378 e. The van der Waals surface area contributed by atoms with Crippen LogP contribution < -0.4 is 10.2 Å². The van der Waals surface area contributed by atoms with E-state index in [1.165, 1.54) is 12.1 Å². The Morgan fingerprint density at radius 1 is 1.36 bits per heavy atom. The monoisotopic (exact) mass is 361 g/mol. The third-order valence-electron chi connectivity index (χ3n) is 4.22. The van der Waals surface area contributed by atoms with Crippen molar-refractivity contribution >= 4 is 23.8 Å². The van der Waals surface area contributed by atoms with Gasteiger partial charge >= 0.3 is 0 Å². The molecule has 0 spiro atoms. The predicted molar refractivity (Wildman–Crippen MR) is 96.9 cm³/mol. The van der Waals surface area contributed by atoms with Crippen LogP contribution in [0, 0.1) is 10.5 Å². The molecule has 1 aliphatic rings. The summed E-state index contributed by atoms with van der Waals surface area (Å²) in [6.07, 6.45) is 1.67. The molecular weight excluding hydrogens is 341 g/mol. The van der Waals surface area contributed by atoms with Crippen LogP contribution in [0.4, 0.5) is 10.1 Å². The van der Waals surface area contributed by atoms with Crippen molar-refractivity contribution in [3.05, 3.63) is 58.1 Å². The van der Waals surface area contributed by atoms with Crippen molar-refractivity contribution in [2.45, 2.75) is 13.0 Å². The number of halogens is 1. The fourth-order valence-electron chi connectivity index (χ4n) is 2.92. The molecular formula is C18H20FN3O2S. The van der Waals surface area contributed by atoms with Gasteiger partial charge in [0.25, 0.3) is 5.91 Å². The molecule has 2 N–H and O–H groups in total. The number of amides is 1. The van der Waals surface area contributed by atoms with Gasteiger partial charge in [-0.1, -0.05) is 12.2 Å². The van der Waals surface area contributed by atoms with Gasteiger partial charge in [0.1, 0.15) is 10.5 Å². The quantitative estimate of drug-likeness (QED) is 0.821. The lowest BCUT2D eigenvalue weighted by molar-refractivity contribution is 0.0938. The van der Waals surface area contributed by atoms with Gasteiger partial charge in [0, 0.05) is 30.5 Å². The Labute approximate surface area is 150 Å². The van der Waals surface area contributed by atoms with E-state index >= 15 is 0 Å². The molecule has 1 atom stereocenters. The predicted octanol–water partition coefficient (Wildman–Crippen LogP) is 3.21. The first-order valence-corrected chi connectivity index (χ1v) is 8.58. The highest BCUT2D eigenvalue weighted by molar-refractivity contribution is 7.71. The number of pyridine rings is 1. The van der Waals surface area contributed by atoms with Crippen LogP contribution in [-0.2, 0) is 4.74 Å². The number of H-pyrrole nitrogens is 1. The molecule has 3 rings (SSSR count). The number of nitrogens with one attached hydrogen (secondary N) is 2. The molecule has 0 radical (unpaired) electrons. The smallest absolute Gasteiger partial charge is 0.254 e. The molecule has 25 heavy (non-hydrogen) atoms. The number of hydrogen-bond donors (Lipinski definition) is 2. The van der Waals surface area contributed by atoms with E-state index in [9.17, 15) is 9.18 Å². The van der Waals surface area contributed by atoms with Crippen LogP contribution in [0.5, 0.6) is 0 Å². The molecule has 1 amide bonds. The first-order chi connectivity index (χ1) is 12.1. The lowest BCUT2D eigenvalue weighted by Gasteiger charge is -2.32. The zero-order valence-corrected chi connectivity index (χ0v) is 14.7. The largest absolute Gasteiger partial charge is 0.378 e. The lowest BCUT2D eigenvalue weighted by atomic mass is 10.0. The van der Waals surface area contributed by atoms with Crippen LogP contribution in [0.25, 0.3) is 0 Å². The molecule has 1 unspecified atom stereocenters. The Hall–Kier alpha value is -2.25. The number of aromatic nitrogens is 1. The van der Waals surface area contributed by atoms with Gasteiger partial charge in [0.2, 0.25) is 0 Å². The van der Waals surface area contributed by atoms with Gasteiger partial charge < -0.3 is 19.9 Å². The first kappa shape index (κ1) is 17.6. The molecule has 0 bridgehead atoms. The van der Waals surface area contributed by atoms with Crippen LogP contribution in [0.2, 0.25) is 0 Å². The van der Waals surface area contributed by atoms with Gasteiger partial charge in [-0.3, -0.25) is 4.79 Å². The van der Waals surface area contributed by atoms with Crippen LogP contribution >= 0.6 is 12.2 Å². The van der Waals surface area contributed by atoms with Crippen molar-refractivity contribution in [3.8, 4) is 0 Å². The first-order valence-electron chi connectivity index (χ1n) is 8.17. The molecule has 1 aromatic carbocycles. The molecule has 0 aliphatic carbocycles. The van der Waals surface area contributed by atoms with E-state index in [0.717, 1.165) is 24.3 Å². The summed E-state index contributed by atoms with van der Waals surface area (Å²) < 4.78 is 19.6. The minimum atomic E-state index is -0.365. The SMILES string of the molecule is CC(NC(=O)c1ccc[nH]c1=S)c1cc(F)ccc1N1CCOCC1. The zero-order valence-electron chi connectivity index (χ0n) is 13.9. The van der Waals surface area contributed by atoms with Gasteiger partial charge in [0.15, 0.2) is 0 Å². The minimum absolute atomic E-state index is 0.286. The number of carbonyl (C=O) groups excluding carboxylic acids is 1. The summed E-state index contributed by atoms with van der Waals surface area (Å²) in [7, 11) is 0. The van der Waals surface area contributed by atoms with E-state index < -0.39 is 0 Å². The molecule has 5 nitrogen and oxygen atoms in total.